The van der Waals surface area contributed by atoms with Gasteiger partial charge in [0.25, 0.3) is 0 Å². The van der Waals surface area contributed by atoms with E-state index in [1.165, 1.54) is 45.1 Å². The summed E-state index contributed by atoms with van der Waals surface area (Å²) in [7, 11) is 0. The van der Waals surface area contributed by atoms with Gasteiger partial charge in [-0.15, -0.1) is 0 Å². The standard InChI is InChI=1S/C13H25N/c1-2-14-11-12-5-9-13(10-6-12)7-3-4-8-13/h12,14H,2-11H2,1H3. The molecular formula is C13H25N. The third kappa shape index (κ3) is 2.31. The van der Waals surface area contributed by atoms with Crippen LogP contribution in [-0.4, -0.2) is 13.1 Å². The van der Waals surface area contributed by atoms with Gasteiger partial charge in [0.15, 0.2) is 0 Å². The average molecular weight is 195 g/mol. The van der Waals surface area contributed by atoms with Crippen LogP contribution in [0.2, 0.25) is 0 Å². The van der Waals surface area contributed by atoms with Crippen LogP contribution in [0.5, 0.6) is 0 Å². The Morgan fingerprint density at radius 2 is 1.71 bits per heavy atom. The Hall–Kier alpha value is -0.0400. The van der Waals surface area contributed by atoms with Crippen molar-refractivity contribution in [1.82, 2.24) is 5.32 Å². The van der Waals surface area contributed by atoms with Crippen molar-refractivity contribution < 1.29 is 0 Å². The smallest absolute Gasteiger partial charge is 0.00206 e. The molecule has 0 saturated heterocycles. The van der Waals surface area contributed by atoms with Crippen molar-refractivity contribution in [3.63, 3.8) is 0 Å². The third-order valence-electron chi connectivity index (χ3n) is 4.51. The fraction of sp³-hybridized carbons (Fsp3) is 1.00. The van der Waals surface area contributed by atoms with Gasteiger partial charge >= 0.3 is 0 Å². The Morgan fingerprint density at radius 1 is 1.07 bits per heavy atom. The lowest BCUT2D eigenvalue weighted by Gasteiger charge is -2.37. The van der Waals surface area contributed by atoms with Crippen molar-refractivity contribution in [1.29, 1.82) is 0 Å². The maximum Gasteiger partial charge on any atom is -0.00206 e. The van der Waals surface area contributed by atoms with Crippen LogP contribution in [0.1, 0.15) is 58.3 Å². The maximum absolute atomic E-state index is 3.50. The molecule has 1 nitrogen and oxygen atoms in total. The normalized spacial score (nSPS) is 27.2. The molecule has 2 saturated carbocycles. The molecule has 0 amide bonds. The van der Waals surface area contributed by atoms with Crippen molar-refractivity contribution in [2.45, 2.75) is 58.3 Å². The van der Waals surface area contributed by atoms with Crippen LogP contribution in [0.15, 0.2) is 0 Å². The van der Waals surface area contributed by atoms with Crippen LogP contribution in [0.25, 0.3) is 0 Å². The predicted molar refractivity (Wildman–Crippen MR) is 61.4 cm³/mol. The lowest BCUT2D eigenvalue weighted by Crippen LogP contribution is -2.30. The SMILES string of the molecule is CCNCC1CCC2(CCCC2)CC1. The second-order valence-corrected chi connectivity index (χ2v) is 5.46. The summed E-state index contributed by atoms with van der Waals surface area (Å²) < 4.78 is 0. The number of hydrogen-bond donors (Lipinski definition) is 1. The Labute approximate surface area is 88.7 Å². The first-order valence-corrected chi connectivity index (χ1v) is 6.55. The molecule has 0 aliphatic heterocycles. The molecule has 1 spiro atoms. The lowest BCUT2D eigenvalue weighted by atomic mass is 9.69. The zero-order valence-corrected chi connectivity index (χ0v) is 9.65. The largest absolute Gasteiger partial charge is 0.317 e. The molecule has 2 rings (SSSR count). The summed E-state index contributed by atoms with van der Waals surface area (Å²) in [5.74, 6) is 0.987. The molecule has 0 aromatic heterocycles. The van der Waals surface area contributed by atoms with Crippen LogP contribution >= 0.6 is 0 Å². The third-order valence-corrected chi connectivity index (χ3v) is 4.51. The highest BCUT2D eigenvalue weighted by Crippen LogP contribution is 2.49. The first-order valence-electron chi connectivity index (χ1n) is 6.55. The molecule has 82 valence electrons. The minimum atomic E-state index is 0.822. The summed E-state index contributed by atoms with van der Waals surface area (Å²) in [6.07, 6.45) is 12.2. The van der Waals surface area contributed by atoms with E-state index in [4.69, 9.17) is 0 Å². The maximum atomic E-state index is 3.50. The Morgan fingerprint density at radius 3 is 2.29 bits per heavy atom. The minimum absolute atomic E-state index is 0.822. The molecule has 1 heteroatoms. The quantitative estimate of drug-likeness (QED) is 0.728. The van der Waals surface area contributed by atoms with E-state index in [0.29, 0.717) is 0 Å². The van der Waals surface area contributed by atoms with Gasteiger partial charge in [0.2, 0.25) is 0 Å². The molecule has 0 heterocycles. The zero-order valence-electron chi connectivity index (χ0n) is 9.65. The van der Waals surface area contributed by atoms with E-state index in [1.54, 1.807) is 12.8 Å². The van der Waals surface area contributed by atoms with Gasteiger partial charge in [-0.05, 0) is 62.9 Å². The molecule has 0 aromatic rings. The second kappa shape index (κ2) is 4.65. The van der Waals surface area contributed by atoms with Crippen LogP contribution in [-0.2, 0) is 0 Å². The average Bonchev–Trinajstić information content (AvgIpc) is 2.66. The summed E-state index contributed by atoms with van der Waals surface area (Å²) >= 11 is 0. The molecule has 2 aliphatic rings. The topological polar surface area (TPSA) is 12.0 Å². The Balaban J connectivity index is 1.74. The van der Waals surface area contributed by atoms with Crippen molar-refractivity contribution in [3.05, 3.63) is 0 Å². The van der Waals surface area contributed by atoms with E-state index in [2.05, 4.69) is 12.2 Å². The lowest BCUT2D eigenvalue weighted by molar-refractivity contribution is 0.154. The Kier molecular flexibility index (Phi) is 3.48. The van der Waals surface area contributed by atoms with E-state index in [9.17, 15) is 0 Å². The van der Waals surface area contributed by atoms with E-state index in [-0.39, 0.29) is 0 Å². The van der Waals surface area contributed by atoms with E-state index in [0.717, 1.165) is 17.9 Å². The summed E-state index contributed by atoms with van der Waals surface area (Å²) in [4.78, 5) is 0. The highest BCUT2D eigenvalue weighted by atomic mass is 14.8. The molecular weight excluding hydrogens is 170 g/mol. The monoisotopic (exact) mass is 195 g/mol. The van der Waals surface area contributed by atoms with Crippen molar-refractivity contribution >= 4 is 0 Å². The Bertz CT molecular complexity index is 160. The van der Waals surface area contributed by atoms with Gasteiger partial charge in [-0.25, -0.2) is 0 Å². The predicted octanol–water partition coefficient (Wildman–Crippen LogP) is 3.35. The molecule has 0 bridgehead atoms. The minimum Gasteiger partial charge on any atom is -0.317 e. The van der Waals surface area contributed by atoms with E-state index >= 15 is 0 Å². The van der Waals surface area contributed by atoms with Crippen LogP contribution in [0, 0.1) is 11.3 Å². The molecule has 0 radical (unpaired) electrons. The molecule has 2 aliphatic carbocycles. The van der Waals surface area contributed by atoms with Crippen LogP contribution in [0.4, 0.5) is 0 Å². The van der Waals surface area contributed by atoms with E-state index in [1.807, 2.05) is 0 Å². The summed E-state index contributed by atoms with van der Waals surface area (Å²) in [5.41, 5.74) is 0.822. The van der Waals surface area contributed by atoms with Gasteiger partial charge in [0.05, 0.1) is 0 Å². The van der Waals surface area contributed by atoms with Crippen LogP contribution < -0.4 is 5.32 Å². The van der Waals surface area contributed by atoms with Gasteiger partial charge < -0.3 is 5.32 Å². The second-order valence-electron chi connectivity index (χ2n) is 5.46. The number of hydrogen-bond acceptors (Lipinski definition) is 1. The van der Waals surface area contributed by atoms with Crippen LogP contribution in [0.3, 0.4) is 0 Å². The number of rotatable bonds is 3. The first kappa shape index (κ1) is 10.5. The summed E-state index contributed by atoms with van der Waals surface area (Å²) in [6, 6.07) is 0. The van der Waals surface area contributed by atoms with Gasteiger partial charge in [-0.1, -0.05) is 19.8 Å². The molecule has 0 unspecified atom stereocenters. The van der Waals surface area contributed by atoms with E-state index < -0.39 is 0 Å². The first-order chi connectivity index (χ1) is 6.85. The highest BCUT2D eigenvalue weighted by Gasteiger charge is 2.37. The van der Waals surface area contributed by atoms with Crippen molar-refractivity contribution in [3.8, 4) is 0 Å². The molecule has 0 atom stereocenters. The van der Waals surface area contributed by atoms with Gasteiger partial charge in [0.1, 0.15) is 0 Å². The summed E-state index contributed by atoms with van der Waals surface area (Å²) in [5, 5.41) is 3.50. The van der Waals surface area contributed by atoms with Crippen molar-refractivity contribution in [2.75, 3.05) is 13.1 Å². The summed E-state index contributed by atoms with van der Waals surface area (Å²) in [6.45, 7) is 4.62. The molecule has 1 N–H and O–H groups in total. The molecule has 14 heavy (non-hydrogen) atoms. The van der Waals surface area contributed by atoms with Crippen molar-refractivity contribution in [2.24, 2.45) is 11.3 Å². The molecule has 2 fully saturated rings. The fourth-order valence-electron chi connectivity index (χ4n) is 3.47. The fourth-order valence-corrected chi connectivity index (χ4v) is 3.47. The number of nitrogens with one attached hydrogen (secondary N) is 1. The van der Waals surface area contributed by atoms with Gasteiger partial charge in [0, 0.05) is 0 Å². The zero-order chi connectivity index (χ0) is 9.86. The highest BCUT2D eigenvalue weighted by molar-refractivity contribution is 4.89. The van der Waals surface area contributed by atoms with Gasteiger partial charge in [-0.2, -0.15) is 0 Å². The molecule has 0 aromatic carbocycles. The van der Waals surface area contributed by atoms with Gasteiger partial charge in [-0.3, -0.25) is 0 Å².